The Kier molecular flexibility index (Phi) is 4.39. The summed E-state index contributed by atoms with van der Waals surface area (Å²) in [7, 11) is 0. The highest BCUT2D eigenvalue weighted by molar-refractivity contribution is 5.81. The van der Waals surface area contributed by atoms with Crippen molar-refractivity contribution in [3.8, 4) is 0 Å². The number of pyridine rings is 1. The molecule has 0 radical (unpaired) electrons. The maximum atomic E-state index is 11.9. The van der Waals surface area contributed by atoms with E-state index in [0.717, 1.165) is 17.0 Å². The molecule has 5 nitrogen and oxygen atoms in total. The zero-order chi connectivity index (χ0) is 14.7. The van der Waals surface area contributed by atoms with Crippen molar-refractivity contribution in [1.82, 2.24) is 14.7 Å². The Bertz CT molecular complexity index is 603. The predicted molar refractivity (Wildman–Crippen MR) is 79.2 cm³/mol. The normalized spacial score (nSPS) is 12.8. The minimum absolute atomic E-state index is 0.118. The first-order valence-corrected chi connectivity index (χ1v) is 6.94. The maximum Gasteiger partial charge on any atom is 0.237 e. The minimum Gasteiger partial charge on any atom is -0.349 e. The largest absolute Gasteiger partial charge is 0.349 e. The standard InChI is InChI=1S/C15H22N4O/c1-10(2)7-13(16)15(20)17-8-12-9-19-11(3)5-4-6-14(19)18-12/h4-6,9-10,13H,7-8,16H2,1-3H3,(H,17,20)/t13-/m0/s1. The molecule has 3 N–H and O–H groups in total. The number of carbonyl (C=O) groups is 1. The zero-order valence-corrected chi connectivity index (χ0v) is 12.3. The van der Waals surface area contributed by atoms with E-state index in [1.165, 1.54) is 0 Å². The molecule has 0 aliphatic carbocycles. The van der Waals surface area contributed by atoms with E-state index in [2.05, 4.69) is 24.1 Å². The first-order chi connectivity index (χ1) is 9.47. The van der Waals surface area contributed by atoms with Crippen molar-refractivity contribution >= 4 is 11.6 Å². The third-order valence-corrected chi connectivity index (χ3v) is 3.25. The summed E-state index contributed by atoms with van der Waals surface area (Å²) in [6.07, 6.45) is 2.63. The van der Waals surface area contributed by atoms with Gasteiger partial charge >= 0.3 is 0 Å². The summed E-state index contributed by atoms with van der Waals surface area (Å²) in [6.45, 7) is 6.54. The number of nitrogens with zero attached hydrogens (tertiary/aromatic N) is 2. The van der Waals surface area contributed by atoms with Crippen molar-refractivity contribution in [2.45, 2.75) is 39.8 Å². The van der Waals surface area contributed by atoms with E-state index in [1.54, 1.807) is 0 Å². The van der Waals surface area contributed by atoms with Crippen LogP contribution in [0, 0.1) is 12.8 Å². The van der Waals surface area contributed by atoms with Crippen LogP contribution in [-0.2, 0) is 11.3 Å². The van der Waals surface area contributed by atoms with Crippen molar-refractivity contribution in [3.05, 3.63) is 35.8 Å². The van der Waals surface area contributed by atoms with Gasteiger partial charge in [0.15, 0.2) is 0 Å². The number of carbonyl (C=O) groups excluding carboxylic acids is 1. The average Bonchev–Trinajstić information content (AvgIpc) is 2.79. The Balaban J connectivity index is 1.99. The molecule has 0 saturated heterocycles. The molecule has 0 aromatic carbocycles. The molecule has 108 valence electrons. The molecular formula is C15H22N4O. The molecule has 2 heterocycles. The van der Waals surface area contributed by atoms with E-state index in [1.807, 2.05) is 35.7 Å². The van der Waals surface area contributed by atoms with Gasteiger partial charge in [-0.25, -0.2) is 4.98 Å². The smallest absolute Gasteiger partial charge is 0.237 e. The van der Waals surface area contributed by atoms with Gasteiger partial charge in [-0.1, -0.05) is 19.9 Å². The lowest BCUT2D eigenvalue weighted by Crippen LogP contribution is -2.41. The fourth-order valence-corrected chi connectivity index (χ4v) is 2.21. The van der Waals surface area contributed by atoms with Gasteiger partial charge in [0, 0.05) is 11.9 Å². The first kappa shape index (κ1) is 14.5. The molecule has 0 fully saturated rings. The molecule has 20 heavy (non-hydrogen) atoms. The summed E-state index contributed by atoms with van der Waals surface area (Å²) in [5.74, 6) is 0.293. The lowest BCUT2D eigenvalue weighted by Gasteiger charge is -2.13. The van der Waals surface area contributed by atoms with Crippen LogP contribution >= 0.6 is 0 Å². The zero-order valence-electron chi connectivity index (χ0n) is 12.3. The Morgan fingerprint density at radius 3 is 2.85 bits per heavy atom. The van der Waals surface area contributed by atoms with Gasteiger partial charge in [-0.15, -0.1) is 0 Å². The van der Waals surface area contributed by atoms with Crippen LogP contribution in [-0.4, -0.2) is 21.3 Å². The van der Waals surface area contributed by atoms with Crippen LogP contribution in [0.3, 0.4) is 0 Å². The number of rotatable bonds is 5. The lowest BCUT2D eigenvalue weighted by atomic mass is 10.0. The number of nitrogens with two attached hydrogens (primary N) is 1. The van der Waals surface area contributed by atoms with Crippen LogP contribution in [0.4, 0.5) is 0 Å². The van der Waals surface area contributed by atoms with Gasteiger partial charge in [0.25, 0.3) is 0 Å². The van der Waals surface area contributed by atoms with Gasteiger partial charge in [-0.2, -0.15) is 0 Å². The van der Waals surface area contributed by atoms with Crippen molar-refractivity contribution in [2.24, 2.45) is 11.7 Å². The topological polar surface area (TPSA) is 72.4 Å². The van der Waals surface area contributed by atoms with Gasteiger partial charge < -0.3 is 15.5 Å². The quantitative estimate of drug-likeness (QED) is 0.870. The van der Waals surface area contributed by atoms with Crippen LogP contribution in [0.25, 0.3) is 5.65 Å². The highest BCUT2D eigenvalue weighted by Crippen LogP contribution is 2.08. The number of nitrogens with one attached hydrogen (secondary N) is 1. The molecule has 0 saturated carbocycles. The van der Waals surface area contributed by atoms with E-state index in [9.17, 15) is 4.79 Å². The van der Waals surface area contributed by atoms with Crippen molar-refractivity contribution in [3.63, 3.8) is 0 Å². The number of hydrogen-bond acceptors (Lipinski definition) is 3. The van der Waals surface area contributed by atoms with Crippen LogP contribution in [0.5, 0.6) is 0 Å². The van der Waals surface area contributed by atoms with Crippen molar-refractivity contribution in [1.29, 1.82) is 0 Å². The van der Waals surface area contributed by atoms with Crippen molar-refractivity contribution in [2.75, 3.05) is 0 Å². The van der Waals surface area contributed by atoms with Crippen LogP contribution in [0.2, 0.25) is 0 Å². The van der Waals surface area contributed by atoms with Crippen LogP contribution in [0.15, 0.2) is 24.4 Å². The second kappa shape index (κ2) is 6.05. The number of aromatic nitrogens is 2. The SMILES string of the molecule is Cc1cccc2nc(CNC(=O)[C@@H](N)CC(C)C)cn12. The van der Waals surface area contributed by atoms with Crippen LogP contribution < -0.4 is 11.1 Å². The second-order valence-electron chi connectivity index (χ2n) is 5.58. The van der Waals surface area contributed by atoms with Gasteiger partial charge in [-0.3, -0.25) is 4.79 Å². The lowest BCUT2D eigenvalue weighted by molar-refractivity contribution is -0.122. The molecule has 0 spiro atoms. The molecule has 2 aromatic rings. The third-order valence-electron chi connectivity index (χ3n) is 3.25. The van der Waals surface area contributed by atoms with E-state index in [4.69, 9.17) is 5.73 Å². The third kappa shape index (κ3) is 3.36. The number of amides is 1. The summed E-state index contributed by atoms with van der Waals surface area (Å²) >= 11 is 0. The summed E-state index contributed by atoms with van der Waals surface area (Å²) < 4.78 is 2.01. The molecule has 2 rings (SSSR count). The molecule has 0 aliphatic rings. The van der Waals surface area contributed by atoms with Crippen molar-refractivity contribution < 1.29 is 4.79 Å². The molecule has 0 bridgehead atoms. The predicted octanol–water partition coefficient (Wildman–Crippen LogP) is 1.63. The second-order valence-corrected chi connectivity index (χ2v) is 5.58. The molecule has 0 aliphatic heterocycles. The van der Waals surface area contributed by atoms with E-state index in [0.29, 0.717) is 18.9 Å². The van der Waals surface area contributed by atoms with Gasteiger partial charge in [0.1, 0.15) is 5.65 Å². The number of fused-ring (bicyclic) bond motifs is 1. The van der Waals surface area contributed by atoms with E-state index >= 15 is 0 Å². The Hall–Kier alpha value is -1.88. The van der Waals surface area contributed by atoms with E-state index in [-0.39, 0.29) is 5.91 Å². The van der Waals surface area contributed by atoms with Gasteiger partial charge in [0.05, 0.1) is 18.3 Å². The first-order valence-electron chi connectivity index (χ1n) is 6.94. The Morgan fingerprint density at radius 2 is 2.20 bits per heavy atom. The molecule has 1 atom stereocenters. The van der Waals surface area contributed by atoms with Gasteiger partial charge in [-0.05, 0) is 31.4 Å². The summed E-state index contributed by atoms with van der Waals surface area (Å²) in [6, 6.07) is 5.49. The Labute approximate surface area is 119 Å². The van der Waals surface area contributed by atoms with E-state index < -0.39 is 6.04 Å². The molecule has 2 aromatic heterocycles. The fraction of sp³-hybridized carbons (Fsp3) is 0.467. The van der Waals surface area contributed by atoms with Crippen LogP contribution in [0.1, 0.15) is 31.7 Å². The monoisotopic (exact) mass is 274 g/mol. The fourth-order valence-electron chi connectivity index (χ4n) is 2.21. The molecule has 0 unspecified atom stereocenters. The molecule has 1 amide bonds. The minimum atomic E-state index is -0.450. The van der Waals surface area contributed by atoms with Gasteiger partial charge in [0.2, 0.25) is 5.91 Å². The average molecular weight is 274 g/mol. The summed E-state index contributed by atoms with van der Waals surface area (Å²) in [4.78, 5) is 16.3. The summed E-state index contributed by atoms with van der Waals surface area (Å²) in [5.41, 5.74) is 8.69. The maximum absolute atomic E-state index is 11.9. The highest BCUT2D eigenvalue weighted by Gasteiger charge is 2.15. The molecular weight excluding hydrogens is 252 g/mol. The highest BCUT2D eigenvalue weighted by atomic mass is 16.2. The number of imidazole rings is 1. The summed E-state index contributed by atoms with van der Waals surface area (Å²) in [5, 5.41) is 2.84. The Morgan fingerprint density at radius 1 is 1.45 bits per heavy atom. The number of aryl methyl sites for hydroxylation is 1. The molecule has 5 heteroatoms. The number of hydrogen-bond donors (Lipinski definition) is 2.